The van der Waals surface area contributed by atoms with Crippen molar-refractivity contribution >= 4 is 35.6 Å². The van der Waals surface area contributed by atoms with Crippen molar-refractivity contribution in [1.29, 1.82) is 0 Å². The number of anilines is 2. The highest BCUT2D eigenvalue weighted by atomic mass is 35.5. The van der Waals surface area contributed by atoms with Crippen LogP contribution in [-0.4, -0.2) is 31.6 Å². The van der Waals surface area contributed by atoms with Gasteiger partial charge < -0.3 is 21.1 Å². The Morgan fingerprint density at radius 1 is 1.24 bits per heavy atom. The van der Waals surface area contributed by atoms with Gasteiger partial charge in [-0.3, -0.25) is 9.59 Å². The minimum Gasteiger partial charge on any atom is -0.383 e. The second kappa shape index (κ2) is 7.97. The van der Waals surface area contributed by atoms with Crippen molar-refractivity contribution in [2.24, 2.45) is 11.7 Å². The number of nitrogens with one attached hydrogen (secondary N) is 2. The zero-order valence-electron chi connectivity index (χ0n) is 11.8. The molecule has 0 heterocycles. The van der Waals surface area contributed by atoms with E-state index < -0.39 is 6.04 Å². The monoisotopic (exact) mass is 313 g/mol. The van der Waals surface area contributed by atoms with E-state index in [4.69, 9.17) is 10.5 Å². The molecule has 2 rings (SSSR count). The lowest BCUT2D eigenvalue weighted by atomic mass is 10.2. The fraction of sp³-hybridized carbons (Fsp3) is 0.429. The highest BCUT2D eigenvalue weighted by Crippen LogP contribution is 2.30. The highest BCUT2D eigenvalue weighted by molar-refractivity contribution is 5.96. The summed E-state index contributed by atoms with van der Waals surface area (Å²) in [6.07, 6.45) is 1.94. The minimum absolute atomic E-state index is 0. The molecule has 1 aromatic carbocycles. The van der Waals surface area contributed by atoms with Crippen LogP contribution in [-0.2, 0) is 14.3 Å². The molecule has 7 heteroatoms. The van der Waals surface area contributed by atoms with Crippen LogP contribution in [0.4, 0.5) is 11.4 Å². The maximum absolute atomic E-state index is 11.7. The summed E-state index contributed by atoms with van der Waals surface area (Å²) in [7, 11) is 1.49. The first kappa shape index (κ1) is 17.4. The lowest BCUT2D eigenvalue weighted by molar-refractivity contribution is -0.118. The zero-order valence-corrected chi connectivity index (χ0v) is 12.6. The van der Waals surface area contributed by atoms with Gasteiger partial charge in [-0.1, -0.05) is 0 Å². The first-order valence-electron chi connectivity index (χ1n) is 6.56. The summed E-state index contributed by atoms with van der Waals surface area (Å²) in [5.41, 5.74) is 6.97. The van der Waals surface area contributed by atoms with Crippen molar-refractivity contribution in [2.75, 3.05) is 24.4 Å². The van der Waals surface area contributed by atoms with E-state index in [1.807, 2.05) is 0 Å². The molecule has 1 aliphatic carbocycles. The zero-order chi connectivity index (χ0) is 14.5. The van der Waals surface area contributed by atoms with Gasteiger partial charge in [-0.15, -0.1) is 12.4 Å². The molecular weight excluding hydrogens is 294 g/mol. The number of ether oxygens (including phenoxy) is 1. The summed E-state index contributed by atoms with van der Waals surface area (Å²) in [5, 5.41) is 5.52. The normalized spacial score (nSPS) is 14.8. The summed E-state index contributed by atoms with van der Waals surface area (Å²) < 4.78 is 4.82. The average Bonchev–Trinajstić information content (AvgIpc) is 3.25. The van der Waals surface area contributed by atoms with E-state index in [1.165, 1.54) is 7.11 Å². The number of halogens is 1. The van der Waals surface area contributed by atoms with E-state index in [1.54, 1.807) is 24.3 Å². The van der Waals surface area contributed by atoms with Crippen molar-refractivity contribution in [1.82, 2.24) is 0 Å². The summed E-state index contributed by atoms with van der Waals surface area (Å²) in [5.74, 6) is -0.0769. The van der Waals surface area contributed by atoms with Gasteiger partial charge in [-0.25, -0.2) is 0 Å². The molecule has 0 spiro atoms. The van der Waals surface area contributed by atoms with E-state index in [2.05, 4.69) is 10.6 Å². The lowest BCUT2D eigenvalue weighted by Gasteiger charge is -2.11. The first-order valence-corrected chi connectivity index (χ1v) is 6.56. The molecule has 116 valence electrons. The van der Waals surface area contributed by atoms with Crippen molar-refractivity contribution in [3.63, 3.8) is 0 Å². The van der Waals surface area contributed by atoms with Gasteiger partial charge in [0.1, 0.15) is 6.04 Å². The van der Waals surface area contributed by atoms with Crippen LogP contribution in [0.15, 0.2) is 24.3 Å². The van der Waals surface area contributed by atoms with E-state index in [9.17, 15) is 9.59 Å². The number of amides is 2. The number of nitrogens with two attached hydrogens (primary N) is 1. The molecule has 0 radical (unpaired) electrons. The number of hydrogen-bond donors (Lipinski definition) is 3. The predicted octanol–water partition coefficient (Wildman–Crippen LogP) is 1.37. The first-order chi connectivity index (χ1) is 9.60. The van der Waals surface area contributed by atoms with Crippen LogP contribution in [0.2, 0.25) is 0 Å². The molecule has 0 aromatic heterocycles. The third-order valence-electron chi connectivity index (χ3n) is 3.05. The number of carbonyl (C=O) groups is 2. The lowest BCUT2D eigenvalue weighted by Crippen LogP contribution is -2.39. The van der Waals surface area contributed by atoms with E-state index in [0.717, 1.165) is 18.5 Å². The Bertz CT molecular complexity index is 489. The topological polar surface area (TPSA) is 93.4 Å². The van der Waals surface area contributed by atoms with Crippen LogP contribution in [0, 0.1) is 5.92 Å². The standard InChI is InChI=1S/C14H19N3O3.ClH/c1-20-8-12(15)14(19)17-11-6-4-10(5-7-11)16-13(18)9-2-3-9;/h4-7,9,12H,2-3,8,15H2,1H3,(H,16,18)(H,17,19);1H. The molecule has 4 N–H and O–H groups in total. The van der Waals surface area contributed by atoms with Gasteiger partial charge in [0.25, 0.3) is 0 Å². The van der Waals surface area contributed by atoms with Crippen LogP contribution < -0.4 is 16.4 Å². The average molecular weight is 314 g/mol. The Morgan fingerprint density at radius 2 is 1.76 bits per heavy atom. The third kappa shape index (κ3) is 5.34. The van der Waals surface area contributed by atoms with Gasteiger partial charge in [-0.2, -0.15) is 0 Å². The molecule has 1 aliphatic rings. The number of benzene rings is 1. The van der Waals surface area contributed by atoms with Crippen molar-refractivity contribution in [2.45, 2.75) is 18.9 Å². The summed E-state index contributed by atoms with van der Waals surface area (Å²) in [6, 6.07) is 6.24. The minimum atomic E-state index is -0.700. The van der Waals surface area contributed by atoms with Crippen LogP contribution >= 0.6 is 12.4 Å². The molecule has 6 nitrogen and oxygen atoms in total. The molecule has 0 saturated heterocycles. The molecule has 0 aliphatic heterocycles. The highest BCUT2D eigenvalue weighted by Gasteiger charge is 2.29. The quantitative estimate of drug-likeness (QED) is 0.739. The second-order valence-electron chi connectivity index (χ2n) is 4.89. The Labute approximate surface area is 129 Å². The van der Waals surface area contributed by atoms with Crippen LogP contribution in [0.25, 0.3) is 0 Å². The van der Waals surface area contributed by atoms with Crippen molar-refractivity contribution < 1.29 is 14.3 Å². The Balaban J connectivity index is 0.00000220. The largest absolute Gasteiger partial charge is 0.383 e. The summed E-state index contributed by atoms with van der Waals surface area (Å²) in [6.45, 7) is 0.168. The van der Waals surface area contributed by atoms with Crippen LogP contribution in [0.3, 0.4) is 0 Å². The van der Waals surface area contributed by atoms with Gasteiger partial charge in [0.05, 0.1) is 6.61 Å². The van der Waals surface area contributed by atoms with Gasteiger partial charge in [0.2, 0.25) is 11.8 Å². The number of carbonyl (C=O) groups excluding carboxylic acids is 2. The maximum Gasteiger partial charge on any atom is 0.243 e. The van der Waals surface area contributed by atoms with Gasteiger partial charge in [0, 0.05) is 24.4 Å². The van der Waals surface area contributed by atoms with Crippen molar-refractivity contribution in [3.05, 3.63) is 24.3 Å². The predicted molar refractivity (Wildman–Crippen MR) is 83.5 cm³/mol. The van der Waals surface area contributed by atoms with Gasteiger partial charge in [0.15, 0.2) is 0 Å². The molecule has 2 amide bonds. The molecule has 1 atom stereocenters. The van der Waals surface area contributed by atoms with Gasteiger partial charge in [-0.05, 0) is 37.1 Å². The Kier molecular flexibility index (Phi) is 6.61. The van der Waals surface area contributed by atoms with Gasteiger partial charge >= 0.3 is 0 Å². The van der Waals surface area contributed by atoms with E-state index in [0.29, 0.717) is 5.69 Å². The second-order valence-corrected chi connectivity index (χ2v) is 4.89. The van der Waals surface area contributed by atoms with Crippen LogP contribution in [0.1, 0.15) is 12.8 Å². The summed E-state index contributed by atoms with van der Waals surface area (Å²) >= 11 is 0. The van der Waals surface area contributed by atoms with Crippen molar-refractivity contribution in [3.8, 4) is 0 Å². The van der Waals surface area contributed by atoms with Crippen LogP contribution in [0.5, 0.6) is 0 Å². The molecule has 1 unspecified atom stereocenters. The number of methoxy groups -OCH3 is 1. The molecule has 1 fully saturated rings. The molecule has 0 bridgehead atoms. The third-order valence-corrected chi connectivity index (χ3v) is 3.05. The Morgan fingerprint density at radius 3 is 2.24 bits per heavy atom. The SMILES string of the molecule is COCC(N)C(=O)Nc1ccc(NC(=O)C2CC2)cc1.Cl. The van der Waals surface area contributed by atoms with E-state index >= 15 is 0 Å². The number of rotatable bonds is 6. The maximum atomic E-state index is 11.7. The molecular formula is C14H20ClN3O3. The fourth-order valence-electron chi connectivity index (χ4n) is 1.72. The molecule has 1 saturated carbocycles. The molecule has 1 aromatic rings. The van der Waals surface area contributed by atoms with E-state index in [-0.39, 0.29) is 36.7 Å². The summed E-state index contributed by atoms with van der Waals surface area (Å²) in [4.78, 5) is 23.3. The smallest absolute Gasteiger partial charge is 0.243 e. The fourth-order valence-corrected chi connectivity index (χ4v) is 1.72. The molecule has 21 heavy (non-hydrogen) atoms. The Hall–Kier alpha value is -1.63. The number of hydrogen-bond acceptors (Lipinski definition) is 4.